The number of nitrogens with one attached hydrogen (secondary N) is 3. The zero-order valence-corrected chi connectivity index (χ0v) is 26.8. The SMILES string of the molecule is CCCCCCOC(=O)NC(=N)c1ccc(Nc2nc3c(C)c(C(=O)N(CCC(=O)OCC)c4ccccn4)ccc3n2C)cc1. The van der Waals surface area contributed by atoms with Gasteiger partial charge in [0.2, 0.25) is 5.95 Å². The maximum absolute atomic E-state index is 13.8. The zero-order chi connectivity index (χ0) is 33.1. The second-order valence-electron chi connectivity index (χ2n) is 10.7. The van der Waals surface area contributed by atoms with E-state index in [1.165, 1.54) is 4.90 Å². The van der Waals surface area contributed by atoms with Crippen LogP contribution in [0.1, 0.15) is 67.4 Å². The van der Waals surface area contributed by atoms with E-state index in [1.807, 2.05) is 24.6 Å². The lowest BCUT2D eigenvalue weighted by Crippen LogP contribution is -2.34. The Morgan fingerprint density at radius 1 is 0.978 bits per heavy atom. The Morgan fingerprint density at radius 2 is 1.76 bits per heavy atom. The van der Waals surface area contributed by atoms with Crippen molar-refractivity contribution in [1.29, 1.82) is 5.41 Å². The molecule has 0 unspecified atom stereocenters. The number of unbranched alkanes of at least 4 members (excludes halogenated alkanes) is 3. The van der Waals surface area contributed by atoms with E-state index in [-0.39, 0.29) is 37.3 Å². The van der Waals surface area contributed by atoms with E-state index >= 15 is 0 Å². The summed E-state index contributed by atoms with van der Waals surface area (Å²) in [5.41, 5.74) is 3.86. The quantitative estimate of drug-likeness (QED) is 0.0642. The highest BCUT2D eigenvalue weighted by molar-refractivity contribution is 6.09. The molecule has 0 aliphatic rings. The molecule has 4 rings (SSSR count). The third-order valence-corrected chi connectivity index (χ3v) is 7.44. The molecule has 0 atom stereocenters. The molecule has 0 saturated heterocycles. The number of nitrogens with zero attached hydrogens (tertiary/aromatic N) is 4. The van der Waals surface area contributed by atoms with E-state index < -0.39 is 6.09 Å². The molecular weight excluding hydrogens is 586 g/mol. The monoisotopic (exact) mass is 627 g/mol. The van der Waals surface area contributed by atoms with Gasteiger partial charge in [0.05, 0.1) is 30.7 Å². The van der Waals surface area contributed by atoms with Gasteiger partial charge < -0.3 is 19.4 Å². The smallest absolute Gasteiger partial charge is 0.412 e. The molecule has 2 aromatic carbocycles. The van der Waals surface area contributed by atoms with E-state index in [1.54, 1.807) is 61.7 Å². The summed E-state index contributed by atoms with van der Waals surface area (Å²) in [5.74, 6) is 0.253. The number of aryl methyl sites for hydroxylation is 2. The fourth-order valence-corrected chi connectivity index (χ4v) is 4.90. The summed E-state index contributed by atoms with van der Waals surface area (Å²) in [6.45, 7) is 6.41. The molecule has 0 spiro atoms. The van der Waals surface area contributed by atoms with E-state index in [4.69, 9.17) is 19.9 Å². The second-order valence-corrected chi connectivity index (χ2v) is 10.7. The highest BCUT2D eigenvalue weighted by atomic mass is 16.5. The van der Waals surface area contributed by atoms with Crippen molar-refractivity contribution in [2.45, 2.75) is 52.9 Å². The van der Waals surface area contributed by atoms with Gasteiger partial charge in [-0.05, 0) is 74.4 Å². The number of benzene rings is 2. The normalized spacial score (nSPS) is 10.8. The summed E-state index contributed by atoms with van der Waals surface area (Å²) in [4.78, 5) is 48.6. The van der Waals surface area contributed by atoms with E-state index in [2.05, 4.69) is 22.5 Å². The van der Waals surface area contributed by atoms with Gasteiger partial charge in [0.25, 0.3) is 5.91 Å². The van der Waals surface area contributed by atoms with Crippen LogP contribution in [-0.4, -0.2) is 58.1 Å². The number of hydrogen-bond acceptors (Lipinski definition) is 9. The average Bonchev–Trinajstić information content (AvgIpc) is 3.37. The Kier molecular flexibility index (Phi) is 11.8. The highest BCUT2D eigenvalue weighted by Crippen LogP contribution is 2.28. The Labute approximate surface area is 268 Å². The first-order valence-corrected chi connectivity index (χ1v) is 15.5. The van der Waals surface area contributed by atoms with Gasteiger partial charge in [-0.1, -0.05) is 32.3 Å². The molecule has 242 valence electrons. The molecule has 3 N–H and O–H groups in total. The van der Waals surface area contributed by atoms with Crippen LogP contribution in [0, 0.1) is 12.3 Å². The number of rotatable bonds is 14. The van der Waals surface area contributed by atoms with Crippen molar-refractivity contribution in [1.82, 2.24) is 19.9 Å². The third kappa shape index (κ3) is 8.46. The third-order valence-electron chi connectivity index (χ3n) is 7.44. The maximum Gasteiger partial charge on any atom is 0.412 e. The standard InChI is InChI=1S/C34H41N7O5/c1-5-7-8-11-22-46-34(44)39-31(35)24-13-15-25(16-14-24)37-33-38-30-23(3)26(17-18-27(30)40(33)4)32(43)41(21-19-29(42)45-6-2)28-12-9-10-20-36-28/h9-10,12-18,20H,5-8,11,19,21-22H2,1-4H3,(H,37,38)(H2,35,39,44). The lowest BCUT2D eigenvalue weighted by atomic mass is 10.1. The van der Waals surface area contributed by atoms with Crippen molar-refractivity contribution in [3.8, 4) is 0 Å². The number of pyridine rings is 1. The van der Waals surface area contributed by atoms with Crippen molar-refractivity contribution in [2.75, 3.05) is 30.0 Å². The van der Waals surface area contributed by atoms with Crippen LogP contribution in [0.15, 0.2) is 60.8 Å². The van der Waals surface area contributed by atoms with Crippen LogP contribution in [0.4, 0.5) is 22.2 Å². The first-order valence-electron chi connectivity index (χ1n) is 15.5. The fraction of sp³-hybridized carbons (Fsp3) is 0.353. The fourth-order valence-electron chi connectivity index (χ4n) is 4.90. The van der Waals surface area contributed by atoms with Gasteiger partial charge in [0.15, 0.2) is 0 Å². The molecule has 4 aromatic rings. The van der Waals surface area contributed by atoms with Crippen molar-refractivity contribution in [3.63, 3.8) is 0 Å². The maximum atomic E-state index is 13.8. The van der Waals surface area contributed by atoms with E-state index in [9.17, 15) is 14.4 Å². The average molecular weight is 628 g/mol. The summed E-state index contributed by atoms with van der Waals surface area (Å²) in [6, 6.07) is 15.9. The molecule has 0 fully saturated rings. The highest BCUT2D eigenvalue weighted by Gasteiger charge is 2.24. The summed E-state index contributed by atoms with van der Waals surface area (Å²) in [7, 11) is 1.87. The minimum absolute atomic E-state index is 0.0344. The lowest BCUT2D eigenvalue weighted by molar-refractivity contribution is -0.142. The predicted molar refractivity (Wildman–Crippen MR) is 178 cm³/mol. The van der Waals surface area contributed by atoms with Gasteiger partial charge in [0, 0.05) is 36.6 Å². The number of hydrogen-bond donors (Lipinski definition) is 3. The van der Waals surface area contributed by atoms with Crippen LogP contribution in [-0.2, 0) is 21.3 Å². The molecule has 0 bridgehead atoms. The van der Waals surface area contributed by atoms with Crippen molar-refractivity contribution >= 4 is 52.3 Å². The van der Waals surface area contributed by atoms with Crippen molar-refractivity contribution < 1.29 is 23.9 Å². The summed E-state index contributed by atoms with van der Waals surface area (Å²) in [5, 5.41) is 14.0. The molecule has 2 heterocycles. The van der Waals surface area contributed by atoms with Gasteiger partial charge in [-0.15, -0.1) is 0 Å². The molecule has 12 heteroatoms. The Morgan fingerprint density at radius 3 is 2.46 bits per heavy atom. The van der Waals surface area contributed by atoms with Crippen LogP contribution in [0.2, 0.25) is 0 Å². The minimum atomic E-state index is -0.640. The number of imidazole rings is 1. The van der Waals surface area contributed by atoms with Gasteiger partial charge in [-0.25, -0.2) is 14.8 Å². The first-order chi connectivity index (χ1) is 22.2. The van der Waals surface area contributed by atoms with E-state index in [0.717, 1.165) is 36.9 Å². The molecule has 0 radical (unpaired) electrons. The Balaban J connectivity index is 1.47. The number of fused-ring (bicyclic) bond motifs is 1. The number of anilines is 3. The molecule has 0 aliphatic carbocycles. The lowest BCUT2D eigenvalue weighted by Gasteiger charge is -2.22. The molecule has 2 amide bonds. The molecule has 12 nitrogen and oxygen atoms in total. The molecule has 0 aliphatic heterocycles. The van der Waals surface area contributed by atoms with Gasteiger partial charge in [-0.2, -0.15) is 0 Å². The van der Waals surface area contributed by atoms with E-state index in [0.29, 0.717) is 40.6 Å². The van der Waals surface area contributed by atoms with Crippen LogP contribution in [0.25, 0.3) is 11.0 Å². The van der Waals surface area contributed by atoms with Crippen LogP contribution in [0.5, 0.6) is 0 Å². The molecule has 2 aromatic heterocycles. The van der Waals surface area contributed by atoms with Gasteiger partial charge in [0.1, 0.15) is 11.7 Å². The largest absolute Gasteiger partial charge is 0.466 e. The zero-order valence-electron chi connectivity index (χ0n) is 26.8. The molecule has 0 saturated carbocycles. The Bertz CT molecular complexity index is 1670. The topological polar surface area (TPSA) is 152 Å². The second kappa shape index (κ2) is 16.2. The number of amidine groups is 1. The summed E-state index contributed by atoms with van der Waals surface area (Å²) in [6.07, 6.45) is 5.00. The van der Waals surface area contributed by atoms with Gasteiger partial charge >= 0.3 is 12.1 Å². The van der Waals surface area contributed by atoms with Crippen LogP contribution in [0.3, 0.4) is 0 Å². The number of amides is 2. The number of carbonyl (C=O) groups excluding carboxylic acids is 3. The van der Waals surface area contributed by atoms with Gasteiger partial charge in [-0.3, -0.25) is 25.2 Å². The number of alkyl carbamates (subject to hydrolysis) is 1. The van der Waals surface area contributed by atoms with Crippen LogP contribution >= 0.6 is 0 Å². The van der Waals surface area contributed by atoms with Crippen molar-refractivity contribution in [3.05, 3.63) is 77.5 Å². The molecule has 46 heavy (non-hydrogen) atoms. The summed E-state index contributed by atoms with van der Waals surface area (Å²) >= 11 is 0. The van der Waals surface area contributed by atoms with Crippen molar-refractivity contribution in [2.24, 2.45) is 7.05 Å². The first kappa shape index (κ1) is 33.6. The number of aromatic nitrogens is 3. The minimum Gasteiger partial charge on any atom is -0.466 e. The molecular formula is C34H41N7O5. The van der Waals surface area contributed by atoms with Crippen LogP contribution < -0.4 is 15.5 Å². The number of esters is 1. The number of carbonyl (C=O) groups is 3. The summed E-state index contributed by atoms with van der Waals surface area (Å²) < 4.78 is 12.1. The number of ether oxygens (including phenoxy) is 2. The predicted octanol–water partition coefficient (Wildman–Crippen LogP) is 6.25. The Hall–Kier alpha value is -5.26.